The number of furan rings is 3. The predicted octanol–water partition coefficient (Wildman–Crippen LogP) is 13.7. The summed E-state index contributed by atoms with van der Waals surface area (Å²) in [6.45, 7) is 0. The van der Waals surface area contributed by atoms with Gasteiger partial charge in [-0.15, -0.1) is 0 Å². The highest BCUT2D eigenvalue weighted by Gasteiger charge is 2.36. The van der Waals surface area contributed by atoms with Crippen LogP contribution in [0.25, 0.3) is 65.2 Å². The molecule has 56 heavy (non-hydrogen) atoms. The van der Waals surface area contributed by atoms with Gasteiger partial charge in [0.15, 0.2) is 0 Å². The van der Waals surface area contributed by atoms with E-state index in [0.717, 1.165) is 38.3 Å². The Kier molecular flexibility index (Phi) is 6.43. The molecule has 6 nitrogen and oxygen atoms in total. The van der Waals surface area contributed by atoms with Crippen LogP contribution >= 0.6 is 0 Å². The van der Waals surface area contributed by atoms with Crippen molar-refractivity contribution in [3.63, 3.8) is 0 Å². The molecule has 10 aromatic rings. The maximum Gasteiger partial charge on any atom is 0.136 e. The molecule has 2 atom stereocenters. The summed E-state index contributed by atoms with van der Waals surface area (Å²) in [6, 6.07) is 33.8. The minimum absolute atomic E-state index is 0.137. The Balaban J connectivity index is 1.16. The first-order valence-corrected chi connectivity index (χ1v) is 18.4. The second-order valence-corrected chi connectivity index (χ2v) is 14.3. The maximum absolute atomic E-state index is 16.9. The third-order valence-corrected chi connectivity index (χ3v) is 11.4. The van der Waals surface area contributed by atoms with Gasteiger partial charge < -0.3 is 27.8 Å². The number of halogens is 2. The number of fused-ring (bicyclic) bond motifs is 4. The van der Waals surface area contributed by atoms with Gasteiger partial charge in [0, 0.05) is 48.5 Å². The molecule has 2 aliphatic rings. The van der Waals surface area contributed by atoms with Gasteiger partial charge in [-0.2, -0.15) is 0 Å². The van der Waals surface area contributed by atoms with Crippen molar-refractivity contribution >= 4 is 93.7 Å². The number of hydrogen-bond acceptors (Lipinski definition) is 6. The van der Waals surface area contributed by atoms with E-state index in [1.807, 2.05) is 113 Å². The highest BCUT2D eigenvalue weighted by Crippen LogP contribution is 2.52. The van der Waals surface area contributed by atoms with Crippen LogP contribution in [-0.4, -0.2) is 6.10 Å². The average molecular weight is 735 g/mol. The van der Waals surface area contributed by atoms with E-state index >= 15 is 8.78 Å². The maximum atomic E-state index is 16.9. The molecular weight excluding hydrogens is 707 g/mol. The van der Waals surface area contributed by atoms with Crippen molar-refractivity contribution in [1.29, 1.82) is 0 Å². The largest absolute Gasteiger partial charge is 0.491 e. The zero-order valence-corrected chi connectivity index (χ0v) is 29.4. The lowest BCUT2D eigenvalue weighted by Gasteiger charge is -2.30. The van der Waals surface area contributed by atoms with Gasteiger partial charge in [0.2, 0.25) is 0 Å². The summed E-state index contributed by atoms with van der Waals surface area (Å²) >= 11 is 0. The zero-order valence-electron chi connectivity index (χ0n) is 29.4. The van der Waals surface area contributed by atoms with E-state index in [1.54, 1.807) is 49.3 Å². The third kappa shape index (κ3) is 4.29. The van der Waals surface area contributed by atoms with Crippen molar-refractivity contribution in [3.8, 4) is 0 Å². The quantitative estimate of drug-likeness (QED) is 0.159. The van der Waals surface area contributed by atoms with Gasteiger partial charge in [0.25, 0.3) is 0 Å². The Labute approximate surface area is 317 Å². The summed E-state index contributed by atoms with van der Waals surface area (Å²) in [5.74, 6) is -1.01. The van der Waals surface area contributed by atoms with E-state index in [2.05, 4.69) is 6.08 Å². The van der Waals surface area contributed by atoms with Gasteiger partial charge >= 0.3 is 0 Å². The molecule has 0 amide bonds. The highest BCUT2D eigenvalue weighted by molar-refractivity contribution is 6.28. The Bertz CT molecular complexity index is 3240. The fraction of sp³-hybridized carbons (Fsp3) is 0.0417. The molecule has 12 rings (SSSR count). The number of benzene rings is 7. The molecule has 0 fully saturated rings. The Morgan fingerprint density at radius 3 is 1.43 bits per heavy atom. The van der Waals surface area contributed by atoms with Crippen LogP contribution in [0.4, 0.5) is 37.2 Å². The Morgan fingerprint density at radius 2 is 0.893 bits per heavy atom. The average Bonchev–Trinajstić information content (AvgIpc) is 4.05. The van der Waals surface area contributed by atoms with Gasteiger partial charge in [-0.05, 0) is 54.6 Å². The lowest BCUT2D eigenvalue weighted by Crippen LogP contribution is -2.25. The summed E-state index contributed by atoms with van der Waals surface area (Å²) < 4.78 is 58.3. The second kappa shape index (κ2) is 11.6. The molecule has 2 unspecified atom stereocenters. The normalized spacial score (nSPS) is 16.5. The number of anilines is 5. The van der Waals surface area contributed by atoms with Crippen LogP contribution in [0.1, 0.15) is 0 Å². The molecule has 268 valence electrons. The lowest BCUT2D eigenvalue weighted by atomic mass is 9.90. The smallest absolute Gasteiger partial charge is 0.136 e. The molecule has 0 saturated heterocycles. The summed E-state index contributed by atoms with van der Waals surface area (Å²) in [5.41, 5.74) is 6.21. The molecule has 4 heterocycles. The number of rotatable bonds is 6. The van der Waals surface area contributed by atoms with Gasteiger partial charge in [-0.25, -0.2) is 8.78 Å². The molecule has 0 N–H and O–H groups in total. The van der Waals surface area contributed by atoms with Crippen LogP contribution in [0.2, 0.25) is 0 Å². The number of hydrogen-bond donors (Lipinski definition) is 0. The third-order valence-electron chi connectivity index (χ3n) is 11.4. The summed E-state index contributed by atoms with van der Waals surface area (Å²) in [4.78, 5) is 4.02. The first-order chi connectivity index (χ1) is 27.6. The SMILES string of the molecule is Fc1cc(N(C2=COC3C=CC=CC23)c2coc3ccccc23)c2ccc3c(F)cc(N(c4coc5ccccc45)c4coc5ccccc45)c4ccc1c2c34. The number of nitrogens with zero attached hydrogens (tertiary/aromatic N) is 2. The summed E-state index contributed by atoms with van der Waals surface area (Å²) in [5, 5.41) is 6.02. The van der Waals surface area contributed by atoms with Crippen LogP contribution in [0.5, 0.6) is 0 Å². The Hall–Kier alpha value is -7.32. The molecule has 3 aromatic heterocycles. The second-order valence-electron chi connectivity index (χ2n) is 14.3. The van der Waals surface area contributed by atoms with E-state index in [-0.39, 0.29) is 12.0 Å². The minimum atomic E-state index is -0.440. The lowest BCUT2D eigenvalue weighted by molar-refractivity contribution is 0.192. The monoisotopic (exact) mass is 734 g/mol. The van der Waals surface area contributed by atoms with E-state index in [1.165, 1.54) is 0 Å². The number of para-hydroxylation sites is 3. The predicted molar refractivity (Wildman–Crippen MR) is 217 cm³/mol. The van der Waals surface area contributed by atoms with Crippen LogP contribution in [0.15, 0.2) is 177 Å². The molecule has 0 spiro atoms. The topological polar surface area (TPSA) is 55.1 Å². The molecule has 0 saturated carbocycles. The van der Waals surface area contributed by atoms with Gasteiger partial charge in [-0.3, -0.25) is 0 Å². The van der Waals surface area contributed by atoms with E-state index in [0.29, 0.717) is 61.0 Å². The number of allylic oxidation sites excluding steroid dienone is 2. The Morgan fingerprint density at radius 1 is 0.446 bits per heavy atom. The van der Waals surface area contributed by atoms with Crippen LogP contribution in [-0.2, 0) is 4.74 Å². The van der Waals surface area contributed by atoms with Crippen molar-refractivity contribution in [1.82, 2.24) is 0 Å². The molecule has 7 aromatic carbocycles. The van der Waals surface area contributed by atoms with Crippen LogP contribution in [0.3, 0.4) is 0 Å². The van der Waals surface area contributed by atoms with E-state index < -0.39 is 11.6 Å². The molecule has 0 bridgehead atoms. The molecule has 0 radical (unpaired) electrons. The van der Waals surface area contributed by atoms with Crippen molar-refractivity contribution in [2.75, 3.05) is 9.80 Å². The van der Waals surface area contributed by atoms with Crippen molar-refractivity contribution in [2.45, 2.75) is 6.10 Å². The molecular formula is C48H28F2N2O4. The first kappa shape index (κ1) is 31.1. The van der Waals surface area contributed by atoms with Crippen molar-refractivity contribution in [2.24, 2.45) is 5.92 Å². The zero-order chi connectivity index (χ0) is 37.1. The summed E-state index contributed by atoms with van der Waals surface area (Å²) in [7, 11) is 0. The highest BCUT2D eigenvalue weighted by atomic mass is 19.1. The van der Waals surface area contributed by atoms with Gasteiger partial charge in [-0.1, -0.05) is 78.9 Å². The minimum Gasteiger partial charge on any atom is -0.491 e. The van der Waals surface area contributed by atoms with Gasteiger partial charge in [0.05, 0.1) is 40.1 Å². The summed E-state index contributed by atoms with van der Waals surface area (Å²) in [6.07, 6.45) is 14.7. The fourth-order valence-corrected chi connectivity index (χ4v) is 8.86. The van der Waals surface area contributed by atoms with Crippen LogP contribution < -0.4 is 9.80 Å². The van der Waals surface area contributed by atoms with Crippen LogP contribution in [0, 0.1) is 17.6 Å². The number of ether oxygens (including phenoxy) is 1. The van der Waals surface area contributed by atoms with Crippen molar-refractivity contribution < 1.29 is 26.8 Å². The van der Waals surface area contributed by atoms with Gasteiger partial charge in [0.1, 0.15) is 59.5 Å². The first-order valence-electron chi connectivity index (χ1n) is 18.4. The molecule has 1 aliphatic heterocycles. The standard InChI is InChI=1S/C48H28F2N2O4/c49-35-21-37(51(39-23-53-43-13-5-1-9-29(39)43)40-24-54-44-14-6-2-10-30(40)44)33-19-17-28-36(50)22-38(34-20-18-27(35)47(33)48(28)34)52(41-25-55-45-15-7-3-11-31(41)45)42-26-56-46-16-8-4-12-32(42)46/h1-26,29,43H. The fourth-order valence-electron chi connectivity index (χ4n) is 8.86. The van der Waals surface area contributed by atoms with E-state index in [9.17, 15) is 0 Å². The molecule has 1 aliphatic carbocycles. The molecule has 8 heteroatoms. The van der Waals surface area contributed by atoms with Crippen molar-refractivity contribution in [3.05, 3.63) is 176 Å². The van der Waals surface area contributed by atoms with E-state index in [4.69, 9.17) is 18.0 Å².